The number of aromatic nitrogens is 2. The second-order valence-corrected chi connectivity index (χ2v) is 9.46. The Morgan fingerprint density at radius 2 is 1.37 bits per heavy atom. The Bertz CT molecular complexity index is 839. The van der Waals surface area contributed by atoms with Crippen LogP contribution in [-0.2, 0) is 6.42 Å². The van der Waals surface area contributed by atoms with E-state index in [9.17, 15) is 4.39 Å². The highest BCUT2D eigenvalue weighted by Crippen LogP contribution is 2.20. The van der Waals surface area contributed by atoms with Crippen LogP contribution in [-0.4, -0.2) is 22.7 Å². The zero-order valence-corrected chi connectivity index (χ0v) is 22.0. The topological polar surface area (TPSA) is 35.0 Å². The minimum atomic E-state index is -0.828. The number of benzene rings is 1. The lowest BCUT2D eigenvalue weighted by molar-refractivity contribution is 0.310. The van der Waals surface area contributed by atoms with Crippen LogP contribution in [0.4, 0.5) is 4.39 Å². The van der Waals surface area contributed by atoms with Crippen LogP contribution >= 0.6 is 0 Å². The summed E-state index contributed by atoms with van der Waals surface area (Å²) in [5.41, 5.74) is 2.17. The first-order valence-electron chi connectivity index (χ1n) is 13.9. The standard InChI is InChI=1S/C31H45FN2O/c1-3-5-7-9-10-11-12-13-17-27-25-33-31(34-26-27)28-20-22-30(23-21-28)35-24-16-15-19-29(32)18-14-8-6-4-2/h20-23,25-26,29H,3-14,17-19,24H2,1-2H3/t29-/m0/s1. The normalized spacial score (nSPS) is 11.6. The summed E-state index contributed by atoms with van der Waals surface area (Å²) in [6, 6.07) is 7.73. The molecule has 0 saturated carbocycles. The molecule has 3 nitrogen and oxygen atoms in total. The highest BCUT2D eigenvalue weighted by Gasteiger charge is 2.04. The van der Waals surface area contributed by atoms with Gasteiger partial charge in [-0.05, 0) is 49.1 Å². The van der Waals surface area contributed by atoms with E-state index in [1.807, 2.05) is 36.7 Å². The van der Waals surface area contributed by atoms with Gasteiger partial charge in [-0.15, -0.1) is 0 Å². The summed E-state index contributed by atoms with van der Waals surface area (Å²) in [5, 5.41) is 0. The molecule has 1 aromatic carbocycles. The van der Waals surface area contributed by atoms with Crippen molar-refractivity contribution in [3.63, 3.8) is 0 Å². The second kappa shape index (κ2) is 18.9. The van der Waals surface area contributed by atoms with Crippen molar-refractivity contribution in [3.8, 4) is 29.0 Å². The first kappa shape index (κ1) is 28.8. The first-order valence-corrected chi connectivity index (χ1v) is 13.9. The third kappa shape index (κ3) is 13.3. The van der Waals surface area contributed by atoms with Crippen LogP contribution in [0, 0.1) is 11.8 Å². The van der Waals surface area contributed by atoms with E-state index in [0.717, 1.165) is 36.4 Å². The molecule has 0 aliphatic heterocycles. The summed E-state index contributed by atoms with van der Waals surface area (Å²) in [5.74, 6) is 7.29. The highest BCUT2D eigenvalue weighted by molar-refractivity contribution is 5.55. The van der Waals surface area contributed by atoms with Gasteiger partial charge in [-0.25, -0.2) is 14.4 Å². The number of ether oxygens (including phenoxy) is 1. The number of hydrogen-bond donors (Lipinski definition) is 0. The Labute approximate surface area is 213 Å². The van der Waals surface area contributed by atoms with Crippen LogP contribution in [0.15, 0.2) is 36.7 Å². The largest absolute Gasteiger partial charge is 0.481 e. The average molecular weight is 481 g/mol. The van der Waals surface area contributed by atoms with Gasteiger partial charge >= 0.3 is 0 Å². The number of unbranched alkanes of at least 4 members (excludes halogenated alkanes) is 10. The molecule has 1 aromatic heterocycles. The molecule has 192 valence electrons. The van der Waals surface area contributed by atoms with Crippen molar-refractivity contribution in [2.24, 2.45) is 0 Å². The van der Waals surface area contributed by atoms with Crippen molar-refractivity contribution in [3.05, 3.63) is 42.2 Å². The summed E-state index contributed by atoms with van der Waals surface area (Å²) in [6.07, 6.45) is 20.1. The van der Waals surface area contributed by atoms with Gasteiger partial charge in [0, 0.05) is 24.4 Å². The highest BCUT2D eigenvalue weighted by atomic mass is 19.1. The van der Waals surface area contributed by atoms with Crippen molar-refractivity contribution in [2.45, 2.75) is 116 Å². The van der Waals surface area contributed by atoms with E-state index >= 15 is 0 Å². The number of rotatable bonds is 18. The predicted octanol–water partition coefficient (Wildman–Crippen LogP) is 8.91. The molecule has 0 unspecified atom stereocenters. The number of alkyl halides is 1. The van der Waals surface area contributed by atoms with Crippen molar-refractivity contribution in [1.82, 2.24) is 9.97 Å². The fourth-order valence-electron chi connectivity index (χ4n) is 4.04. The van der Waals surface area contributed by atoms with E-state index < -0.39 is 6.17 Å². The number of halogens is 1. The molecule has 0 aliphatic rings. The molecule has 0 bridgehead atoms. The van der Waals surface area contributed by atoms with E-state index in [1.54, 1.807) is 0 Å². The number of nitrogens with zero attached hydrogens (tertiary/aromatic N) is 2. The molecule has 0 radical (unpaired) electrons. The maximum Gasteiger partial charge on any atom is 0.159 e. The van der Waals surface area contributed by atoms with E-state index in [0.29, 0.717) is 12.8 Å². The molecule has 4 heteroatoms. The van der Waals surface area contributed by atoms with Crippen LogP contribution < -0.4 is 4.74 Å². The van der Waals surface area contributed by atoms with Crippen LogP contribution in [0.25, 0.3) is 11.4 Å². The van der Waals surface area contributed by atoms with Gasteiger partial charge in [0.1, 0.15) is 18.5 Å². The number of hydrogen-bond acceptors (Lipinski definition) is 3. The third-order valence-corrected chi connectivity index (χ3v) is 6.27. The fourth-order valence-corrected chi connectivity index (χ4v) is 4.04. The molecule has 0 spiro atoms. The molecular weight excluding hydrogens is 435 g/mol. The first-order chi connectivity index (χ1) is 17.2. The van der Waals surface area contributed by atoms with Crippen molar-refractivity contribution >= 4 is 0 Å². The maximum absolute atomic E-state index is 13.8. The van der Waals surface area contributed by atoms with Crippen molar-refractivity contribution in [2.75, 3.05) is 6.61 Å². The van der Waals surface area contributed by atoms with E-state index in [4.69, 9.17) is 4.74 Å². The number of aryl methyl sites for hydroxylation is 1. The van der Waals surface area contributed by atoms with Gasteiger partial charge < -0.3 is 4.74 Å². The summed E-state index contributed by atoms with van der Waals surface area (Å²) < 4.78 is 19.5. The van der Waals surface area contributed by atoms with Gasteiger partial charge in [-0.2, -0.15) is 0 Å². The zero-order valence-electron chi connectivity index (χ0n) is 22.0. The molecule has 2 aromatic rings. The summed E-state index contributed by atoms with van der Waals surface area (Å²) in [4.78, 5) is 9.10. The molecule has 0 N–H and O–H groups in total. The van der Waals surface area contributed by atoms with Gasteiger partial charge in [0.25, 0.3) is 0 Å². The predicted molar refractivity (Wildman–Crippen MR) is 145 cm³/mol. The molecule has 0 saturated heterocycles. The van der Waals surface area contributed by atoms with Gasteiger partial charge in [0.2, 0.25) is 0 Å². The van der Waals surface area contributed by atoms with Gasteiger partial charge in [-0.3, -0.25) is 0 Å². The average Bonchev–Trinajstić information content (AvgIpc) is 2.89. The van der Waals surface area contributed by atoms with Crippen LogP contribution in [0.1, 0.15) is 109 Å². The molecule has 2 rings (SSSR count). The molecule has 0 aliphatic carbocycles. The van der Waals surface area contributed by atoms with Gasteiger partial charge in [0.05, 0.1) is 0 Å². The second-order valence-electron chi connectivity index (χ2n) is 9.46. The monoisotopic (exact) mass is 480 g/mol. The summed E-state index contributed by atoms with van der Waals surface area (Å²) in [6.45, 7) is 4.69. The SMILES string of the molecule is CCCCCCCCCCc1cnc(-c2ccc(OCC#CC[C@@H](F)CCCCCC)cc2)nc1. The molecule has 35 heavy (non-hydrogen) atoms. The van der Waals surface area contributed by atoms with Gasteiger partial charge in [-0.1, -0.05) is 96.3 Å². The third-order valence-electron chi connectivity index (χ3n) is 6.27. The van der Waals surface area contributed by atoms with Crippen molar-refractivity contribution < 1.29 is 9.13 Å². The zero-order chi connectivity index (χ0) is 25.0. The van der Waals surface area contributed by atoms with Crippen LogP contribution in [0.2, 0.25) is 0 Å². The summed E-state index contributed by atoms with van der Waals surface area (Å²) in [7, 11) is 0. The van der Waals surface area contributed by atoms with Crippen LogP contribution in [0.5, 0.6) is 5.75 Å². The Morgan fingerprint density at radius 1 is 0.771 bits per heavy atom. The lowest BCUT2D eigenvalue weighted by Gasteiger charge is -2.06. The minimum Gasteiger partial charge on any atom is -0.481 e. The van der Waals surface area contributed by atoms with E-state index in [2.05, 4.69) is 35.7 Å². The van der Waals surface area contributed by atoms with Crippen LogP contribution in [0.3, 0.4) is 0 Å². The van der Waals surface area contributed by atoms with Crippen molar-refractivity contribution in [1.29, 1.82) is 0 Å². The molecule has 0 amide bonds. The lowest BCUT2D eigenvalue weighted by Crippen LogP contribution is -1.99. The Kier molecular flexibility index (Phi) is 15.5. The maximum atomic E-state index is 13.8. The Morgan fingerprint density at radius 3 is 2.03 bits per heavy atom. The van der Waals surface area contributed by atoms with Gasteiger partial charge in [0.15, 0.2) is 5.82 Å². The quantitative estimate of drug-likeness (QED) is 0.158. The Balaban J connectivity index is 1.64. The minimum absolute atomic E-state index is 0.270. The Hall–Kier alpha value is -2.41. The smallest absolute Gasteiger partial charge is 0.159 e. The molecule has 1 heterocycles. The lowest BCUT2D eigenvalue weighted by atomic mass is 10.1. The summed E-state index contributed by atoms with van der Waals surface area (Å²) >= 11 is 0. The van der Waals surface area contributed by atoms with E-state index in [1.165, 1.54) is 69.8 Å². The molecule has 0 fully saturated rings. The molecular formula is C31H45FN2O. The molecule has 1 atom stereocenters. The van der Waals surface area contributed by atoms with E-state index in [-0.39, 0.29) is 6.61 Å². The fraction of sp³-hybridized carbons (Fsp3) is 0.613.